The summed E-state index contributed by atoms with van der Waals surface area (Å²) in [5.74, 6) is 0. The van der Waals surface area contributed by atoms with E-state index in [9.17, 15) is 47.9 Å². The predicted octanol–water partition coefficient (Wildman–Crippen LogP) is 6.91. The fraction of sp³-hybridized carbons (Fsp3) is 0.125. The van der Waals surface area contributed by atoms with Crippen molar-refractivity contribution >= 4 is 10.0 Å². The maximum absolute atomic E-state index is 14.2. The lowest BCUT2D eigenvalue weighted by atomic mass is 9.97. The van der Waals surface area contributed by atoms with E-state index in [0.717, 1.165) is 48.5 Å². The molecule has 0 aliphatic rings. The number of hydrogen-bond donors (Lipinski definition) is 1. The third-order valence-electron chi connectivity index (χ3n) is 5.55. The smallest absolute Gasteiger partial charge is 0.232 e. The quantitative estimate of drug-likeness (QED) is 0.267. The Morgan fingerprint density at radius 3 is 1.46 bits per heavy atom. The van der Waals surface area contributed by atoms with E-state index in [4.69, 9.17) is 5.14 Å². The molecule has 4 aromatic rings. The van der Waals surface area contributed by atoms with E-state index in [1.54, 1.807) is 0 Å². The third-order valence-corrected chi connectivity index (χ3v) is 6.48. The summed E-state index contributed by atoms with van der Waals surface area (Å²) >= 11 is 0. The summed E-state index contributed by atoms with van der Waals surface area (Å²) in [6.45, 7) is 0. The predicted molar refractivity (Wildman–Crippen MR) is 121 cm³/mol. The summed E-state index contributed by atoms with van der Waals surface area (Å²) in [6.07, 6.45) is -14.7. The molecule has 0 spiro atoms. The Morgan fingerprint density at radius 2 is 1.05 bits per heavy atom. The fourth-order valence-electron chi connectivity index (χ4n) is 3.76. The molecule has 0 radical (unpaired) electrons. The first-order valence-corrected chi connectivity index (χ1v) is 12.1. The van der Waals surface area contributed by atoms with Crippen LogP contribution in [0.4, 0.5) is 39.5 Å². The molecule has 39 heavy (non-hydrogen) atoms. The van der Waals surface area contributed by atoms with Crippen LogP contribution >= 0.6 is 0 Å². The summed E-state index contributed by atoms with van der Waals surface area (Å²) in [7, 11) is -4.20. The van der Waals surface area contributed by atoms with Gasteiger partial charge in [0, 0.05) is 11.1 Å². The molecular weight excluding hydrogens is 565 g/mol. The maximum Gasteiger partial charge on any atom is 0.435 e. The number of aromatic nitrogens is 2. The Hall–Kier alpha value is -3.85. The number of rotatable bonds is 4. The minimum atomic E-state index is -5.15. The van der Waals surface area contributed by atoms with Crippen LogP contribution in [0.2, 0.25) is 0 Å². The summed E-state index contributed by atoms with van der Waals surface area (Å²) in [5.41, 5.74) is -5.46. The molecule has 0 amide bonds. The van der Waals surface area contributed by atoms with Crippen molar-refractivity contribution in [2.45, 2.75) is 23.4 Å². The van der Waals surface area contributed by atoms with Crippen molar-refractivity contribution in [3.8, 4) is 28.1 Å². The van der Waals surface area contributed by atoms with E-state index < -0.39 is 50.9 Å². The van der Waals surface area contributed by atoms with Crippen LogP contribution in [0.1, 0.15) is 16.8 Å². The van der Waals surface area contributed by atoms with Crippen molar-refractivity contribution in [3.63, 3.8) is 0 Å². The number of primary sulfonamides is 1. The zero-order valence-corrected chi connectivity index (χ0v) is 19.8. The molecule has 0 bridgehead atoms. The first-order valence-electron chi connectivity index (χ1n) is 10.6. The van der Waals surface area contributed by atoms with Gasteiger partial charge in [-0.05, 0) is 54.1 Å². The van der Waals surface area contributed by atoms with E-state index in [0.29, 0.717) is 28.9 Å². The second kappa shape index (κ2) is 9.41. The van der Waals surface area contributed by atoms with Gasteiger partial charge in [-0.25, -0.2) is 18.2 Å². The maximum atomic E-state index is 14.2. The van der Waals surface area contributed by atoms with Gasteiger partial charge in [0.2, 0.25) is 10.0 Å². The lowest BCUT2D eigenvalue weighted by Gasteiger charge is -2.13. The molecule has 5 nitrogen and oxygen atoms in total. The highest BCUT2D eigenvalue weighted by Crippen LogP contribution is 2.44. The van der Waals surface area contributed by atoms with Crippen molar-refractivity contribution in [2.24, 2.45) is 5.14 Å². The van der Waals surface area contributed by atoms with Crippen molar-refractivity contribution in [1.29, 1.82) is 0 Å². The molecule has 0 atom stereocenters. The molecule has 3 aromatic carbocycles. The fourth-order valence-corrected chi connectivity index (χ4v) is 4.28. The normalized spacial score (nSPS) is 13.1. The zero-order valence-electron chi connectivity index (χ0n) is 19.0. The highest BCUT2D eigenvalue weighted by atomic mass is 32.2. The van der Waals surface area contributed by atoms with E-state index in [1.807, 2.05) is 0 Å². The molecule has 1 heterocycles. The largest absolute Gasteiger partial charge is 0.435 e. The molecule has 0 fully saturated rings. The molecule has 4 rings (SSSR count). The van der Waals surface area contributed by atoms with Gasteiger partial charge < -0.3 is 0 Å². The summed E-state index contributed by atoms with van der Waals surface area (Å²) < 4.78 is 145. The van der Waals surface area contributed by atoms with Crippen molar-refractivity contribution in [1.82, 2.24) is 9.78 Å². The molecule has 1 aromatic heterocycles. The van der Waals surface area contributed by atoms with Gasteiger partial charge in [0.25, 0.3) is 0 Å². The Kier molecular flexibility index (Phi) is 6.80. The standard InChI is InChI=1S/C24H14F9N3O2S/c25-22(26,27)15-5-1-13(2-6-15)19-20(14-3-11-18(12-4-14)39(34,37)38)36(35-21(19)24(31,32)33)17-9-7-16(8-10-17)23(28,29)30/h1-12H,(H2,34,37,38). The van der Waals surface area contributed by atoms with Gasteiger partial charge in [-0.15, -0.1) is 0 Å². The van der Waals surface area contributed by atoms with Crippen LogP contribution in [0, 0.1) is 0 Å². The van der Waals surface area contributed by atoms with Crippen LogP contribution in [0.5, 0.6) is 0 Å². The first-order chi connectivity index (χ1) is 17.9. The average molecular weight is 579 g/mol. The summed E-state index contributed by atoms with van der Waals surface area (Å²) in [6, 6.07) is 9.86. The number of nitrogens with zero attached hydrogens (tertiary/aromatic N) is 2. The van der Waals surface area contributed by atoms with Crippen LogP contribution in [0.3, 0.4) is 0 Å². The van der Waals surface area contributed by atoms with Crippen LogP contribution in [-0.2, 0) is 28.6 Å². The molecule has 0 aliphatic carbocycles. The second-order valence-corrected chi connectivity index (χ2v) is 9.73. The lowest BCUT2D eigenvalue weighted by molar-refractivity contribution is -0.141. The van der Waals surface area contributed by atoms with Gasteiger partial charge in [-0.2, -0.15) is 44.6 Å². The van der Waals surface area contributed by atoms with E-state index in [-0.39, 0.29) is 27.4 Å². The zero-order chi connectivity index (χ0) is 29.0. The number of halogens is 9. The van der Waals surface area contributed by atoms with Gasteiger partial charge in [0.1, 0.15) is 0 Å². The van der Waals surface area contributed by atoms with Crippen LogP contribution in [-0.4, -0.2) is 18.2 Å². The highest BCUT2D eigenvalue weighted by Gasteiger charge is 2.41. The SMILES string of the molecule is NS(=O)(=O)c1ccc(-c2c(-c3ccc(C(F)(F)F)cc3)c(C(F)(F)F)nn2-c2ccc(C(F)(F)F)cc2)cc1. The highest BCUT2D eigenvalue weighted by molar-refractivity contribution is 7.89. The topological polar surface area (TPSA) is 78.0 Å². The summed E-state index contributed by atoms with van der Waals surface area (Å²) in [5, 5.41) is 8.65. The molecule has 0 unspecified atom stereocenters. The van der Waals surface area contributed by atoms with Gasteiger partial charge in [-0.1, -0.05) is 24.3 Å². The van der Waals surface area contributed by atoms with E-state index in [1.165, 1.54) is 0 Å². The van der Waals surface area contributed by atoms with Gasteiger partial charge >= 0.3 is 18.5 Å². The molecular formula is C24H14F9N3O2S. The Morgan fingerprint density at radius 1 is 0.615 bits per heavy atom. The van der Waals surface area contributed by atoms with Gasteiger partial charge in [0.15, 0.2) is 5.69 Å². The monoisotopic (exact) mass is 579 g/mol. The Balaban J connectivity index is 2.04. The van der Waals surface area contributed by atoms with Crippen molar-refractivity contribution < 1.29 is 47.9 Å². The summed E-state index contributed by atoms with van der Waals surface area (Å²) in [4.78, 5) is -0.390. The van der Waals surface area contributed by atoms with Crippen LogP contribution in [0.25, 0.3) is 28.1 Å². The average Bonchev–Trinajstić information content (AvgIpc) is 3.24. The molecule has 2 N–H and O–H groups in total. The van der Waals surface area contributed by atoms with Gasteiger partial charge in [-0.3, -0.25) is 0 Å². The minimum absolute atomic E-state index is 0.0832. The lowest BCUT2D eigenvalue weighted by Crippen LogP contribution is -2.11. The van der Waals surface area contributed by atoms with Crippen LogP contribution < -0.4 is 5.14 Å². The van der Waals surface area contributed by atoms with Crippen molar-refractivity contribution in [3.05, 3.63) is 89.6 Å². The van der Waals surface area contributed by atoms with Crippen molar-refractivity contribution in [2.75, 3.05) is 0 Å². The number of alkyl halides is 9. The molecule has 206 valence electrons. The molecule has 0 saturated carbocycles. The molecule has 0 saturated heterocycles. The number of nitrogens with two attached hydrogens (primary N) is 1. The second-order valence-electron chi connectivity index (χ2n) is 8.17. The Bertz CT molecular complexity index is 1600. The van der Waals surface area contributed by atoms with E-state index >= 15 is 0 Å². The third kappa shape index (κ3) is 5.78. The molecule has 0 aliphatic heterocycles. The molecule has 15 heteroatoms. The van der Waals surface area contributed by atoms with Crippen LogP contribution in [0.15, 0.2) is 77.7 Å². The Labute approximate surface area is 214 Å². The first kappa shape index (κ1) is 28.2. The minimum Gasteiger partial charge on any atom is -0.232 e. The number of sulfonamides is 1. The number of hydrogen-bond acceptors (Lipinski definition) is 3. The van der Waals surface area contributed by atoms with Gasteiger partial charge in [0.05, 0.1) is 27.4 Å². The number of benzene rings is 3. The van der Waals surface area contributed by atoms with E-state index in [2.05, 4.69) is 5.10 Å².